The molecule has 0 aromatic heterocycles. The summed E-state index contributed by atoms with van der Waals surface area (Å²) in [5.41, 5.74) is 0. The lowest BCUT2D eigenvalue weighted by atomic mass is 10.3. The van der Waals surface area contributed by atoms with Crippen molar-refractivity contribution in [2.24, 2.45) is 0 Å². The average Bonchev–Trinajstić information content (AvgIpc) is 1.85. The molecular weight excluding hydrogens is 139 g/mol. The third kappa shape index (κ3) is 5.08. The second-order valence-corrected chi connectivity index (χ2v) is 1.70. The van der Waals surface area contributed by atoms with Crippen molar-refractivity contribution in [2.75, 3.05) is 0 Å². The molecule has 0 amide bonds. The zero-order chi connectivity index (χ0) is 7.98. The smallest absolute Gasteiger partial charge is 0.449 e. The van der Waals surface area contributed by atoms with E-state index in [1.165, 1.54) is 0 Å². The molecule has 0 saturated carbocycles. The Morgan fingerprint density at radius 3 is 2.80 bits per heavy atom. The van der Waals surface area contributed by atoms with E-state index in [2.05, 4.69) is 4.74 Å². The maximum Gasteiger partial charge on any atom is 0.510 e. The van der Waals surface area contributed by atoms with Gasteiger partial charge in [-0.15, -0.1) is 0 Å². The molecule has 0 bridgehead atoms. The molecule has 0 heterocycles. The summed E-state index contributed by atoms with van der Waals surface area (Å²) >= 11 is 0. The number of carboxylic acid groups (broad SMARTS) is 1. The summed E-state index contributed by atoms with van der Waals surface area (Å²) in [4.78, 5) is 9.67. The van der Waals surface area contributed by atoms with E-state index in [0.717, 1.165) is 0 Å². The van der Waals surface area contributed by atoms with Gasteiger partial charge in [0, 0.05) is 6.42 Å². The minimum absolute atomic E-state index is 0.216. The van der Waals surface area contributed by atoms with Crippen LogP contribution in [-0.2, 0) is 4.74 Å². The average molecular weight is 148 g/mol. The van der Waals surface area contributed by atoms with Gasteiger partial charge in [0.25, 0.3) is 0 Å². The van der Waals surface area contributed by atoms with Crippen molar-refractivity contribution < 1.29 is 19.0 Å². The first-order chi connectivity index (χ1) is 4.66. The molecule has 0 aliphatic rings. The lowest BCUT2D eigenvalue weighted by molar-refractivity contribution is 0.126. The van der Waals surface area contributed by atoms with E-state index in [-0.39, 0.29) is 6.42 Å². The van der Waals surface area contributed by atoms with Crippen molar-refractivity contribution in [2.45, 2.75) is 19.8 Å². The van der Waals surface area contributed by atoms with Gasteiger partial charge in [-0.05, 0) is 6.42 Å². The third-order valence-corrected chi connectivity index (χ3v) is 0.776. The molecule has 0 aromatic rings. The third-order valence-electron chi connectivity index (χ3n) is 0.776. The van der Waals surface area contributed by atoms with Crippen LogP contribution in [0.25, 0.3) is 0 Å². The van der Waals surface area contributed by atoms with Gasteiger partial charge in [-0.2, -0.15) is 0 Å². The van der Waals surface area contributed by atoms with Crippen LogP contribution in [0.2, 0.25) is 0 Å². The minimum Gasteiger partial charge on any atom is -0.449 e. The summed E-state index contributed by atoms with van der Waals surface area (Å²) in [7, 11) is 0. The largest absolute Gasteiger partial charge is 0.510 e. The Kier molecular flexibility index (Phi) is 4.28. The van der Waals surface area contributed by atoms with Crippen molar-refractivity contribution in [3.05, 3.63) is 12.1 Å². The molecule has 0 aromatic carbocycles. The van der Waals surface area contributed by atoms with E-state index < -0.39 is 12.0 Å². The second-order valence-electron chi connectivity index (χ2n) is 1.70. The number of halogens is 1. The van der Waals surface area contributed by atoms with Crippen LogP contribution in [0.4, 0.5) is 9.18 Å². The van der Waals surface area contributed by atoms with Crippen LogP contribution >= 0.6 is 0 Å². The van der Waals surface area contributed by atoms with E-state index in [1.54, 1.807) is 6.92 Å². The van der Waals surface area contributed by atoms with Crippen molar-refractivity contribution in [3.63, 3.8) is 0 Å². The molecule has 1 N–H and O–H groups in total. The molecule has 58 valence electrons. The van der Waals surface area contributed by atoms with Crippen LogP contribution in [0.15, 0.2) is 12.1 Å². The van der Waals surface area contributed by atoms with Crippen LogP contribution in [-0.4, -0.2) is 11.3 Å². The molecule has 0 atom stereocenters. The Balaban J connectivity index is 3.57. The Hall–Kier alpha value is -1.06. The highest BCUT2D eigenvalue weighted by Crippen LogP contribution is 2.05. The van der Waals surface area contributed by atoms with Crippen molar-refractivity contribution >= 4 is 6.16 Å². The fourth-order valence-corrected chi connectivity index (χ4v) is 0.412. The predicted octanol–water partition coefficient (Wildman–Crippen LogP) is 2.29. The first-order valence-electron chi connectivity index (χ1n) is 2.91. The SMILES string of the molecule is CCCC(F)=COC(=O)O. The predicted molar refractivity (Wildman–Crippen MR) is 33.2 cm³/mol. The zero-order valence-corrected chi connectivity index (χ0v) is 5.63. The van der Waals surface area contributed by atoms with Gasteiger partial charge in [0.15, 0.2) is 0 Å². The van der Waals surface area contributed by atoms with Gasteiger partial charge in [0.1, 0.15) is 12.1 Å². The highest BCUT2D eigenvalue weighted by Gasteiger charge is 1.95. The number of ether oxygens (including phenoxy) is 1. The second kappa shape index (κ2) is 4.78. The van der Waals surface area contributed by atoms with Gasteiger partial charge < -0.3 is 9.84 Å². The molecule has 0 aliphatic heterocycles. The highest BCUT2D eigenvalue weighted by atomic mass is 19.1. The number of allylic oxidation sites excluding steroid dienone is 1. The number of rotatable bonds is 3. The van der Waals surface area contributed by atoms with E-state index in [0.29, 0.717) is 12.7 Å². The van der Waals surface area contributed by atoms with Crippen LogP contribution in [0.1, 0.15) is 19.8 Å². The maximum atomic E-state index is 12.2. The zero-order valence-electron chi connectivity index (χ0n) is 5.63. The maximum absolute atomic E-state index is 12.2. The van der Waals surface area contributed by atoms with E-state index in [9.17, 15) is 9.18 Å². The summed E-state index contributed by atoms with van der Waals surface area (Å²) < 4.78 is 16.1. The van der Waals surface area contributed by atoms with Gasteiger partial charge in [-0.1, -0.05) is 6.92 Å². The Bertz CT molecular complexity index is 142. The molecule has 0 aliphatic carbocycles. The fraction of sp³-hybridized carbons (Fsp3) is 0.500. The number of hydrogen-bond donors (Lipinski definition) is 1. The quantitative estimate of drug-likeness (QED) is 0.493. The Morgan fingerprint density at radius 2 is 2.40 bits per heavy atom. The molecule has 0 radical (unpaired) electrons. The summed E-state index contributed by atoms with van der Waals surface area (Å²) in [6.07, 6.45) is -0.0454. The normalized spacial score (nSPS) is 11.2. The first-order valence-corrected chi connectivity index (χ1v) is 2.91. The van der Waals surface area contributed by atoms with E-state index >= 15 is 0 Å². The van der Waals surface area contributed by atoms with Crippen molar-refractivity contribution in [1.29, 1.82) is 0 Å². The summed E-state index contributed by atoms with van der Waals surface area (Å²) in [5, 5.41) is 7.90. The summed E-state index contributed by atoms with van der Waals surface area (Å²) in [6, 6.07) is 0. The number of hydrogen-bond acceptors (Lipinski definition) is 2. The number of carbonyl (C=O) groups is 1. The van der Waals surface area contributed by atoms with Crippen LogP contribution in [0.5, 0.6) is 0 Å². The Labute approximate surface area is 58.1 Å². The van der Waals surface area contributed by atoms with E-state index in [4.69, 9.17) is 5.11 Å². The van der Waals surface area contributed by atoms with Gasteiger partial charge in [-0.25, -0.2) is 9.18 Å². The Morgan fingerprint density at radius 1 is 1.80 bits per heavy atom. The molecule has 3 nitrogen and oxygen atoms in total. The monoisotopic (exact) mass is 148 g/mol. The minimum atomic E-state index is -1.49. The lowest BCUT2D eigenvalue weighted by Gasteiger charge is -1.91. The van der Waals surface area contributed by atoms with Gasteiger partial charge in [-0.3, -0.25) is 0 Å². The fourth-order valence-electron chi connectivity index (χ4n) is 0.412. The molecule has 4 heteroatoms. The van der Waals surface area contributed by atoms with E-state index in [1.807, 2.05) is 0 Å². The highest BCUT2D eigenvalue weighted by molar-refractivity contribution is 5.57. The molecule has 10 heavy (non-hydrogen) atoms. The lowest BCUT2D eigenvalue weighted by Crippen LogP contribution is -1.92. The van der Waals surface area contributed by atoms with Crippen LogP contribution in [0.3, 0.4) is 0 Å². The molecule has 0 unspecified atom stereocenters. The van der Waals surface area contributed by atoms with Crippen LogP contribution < -0.4 is 0 Å². The van der Waals surface area contributed by atoms with Gasteiger partial charge >= 0.3 is 6.16 Å². The summed E-state index contributed by atoms with van der Waals surface area (Å²) in [5.74, 6) is -0.551. The van der Waals surface area contributed by atoms with Crippen molar-refractivity contribution in [1.82, 2.24) is 0 Å². The van der Waals surface area contributed by atoms with Crippen molar-refractivity contribution in [3.8, 4) is 0 Å². The first kappa shape index (κ1) is 8.94. The topological polar surface area (TPSA) is 46.5 Å². The molecule has 0 rings (SSSR count). The molecule has 0 fully saturated rings. The molecular formula is C6H9FO3. The molecule has 0 saturated heterocycles. The van der Waals surface area contributed by atoms with Crippen LogP contribution in [0, 0.1) is 0 Å². The standard InChI is InChI=1S/C6H9FO3/c1-2-3-5(7)4-10-6(8)9/h4H,2-3H2,1H3,(H,8,9). The summed E-state index contributed by atoms with van der Waals surface area (Å²) in [6.45, 7) is 1.79. The van der Waals surface area contributed by atoms with Gasteiger partial charge in [0.05, 0.1) is 0 Å². The molecule has 0 spiro atoms. The van der Waals surface area contributed by atoms with Gasteiger partial charge in [0.2, 0.25) is 0 Å².